The summed E-state index contributed by atoms with van der Waals surface area (Å²) in [6, 6.07) is 9.78. The predicted molar refractivity (Wildman–Crippen MR) is 74.7 cm³/mol. The van der Waals surface area contributed by atoms with E-state index in [1.54, 1.807) is 0 Å². The molecule has 0 aromatic heterocycles. The van der Waals surface area contributed by atoms with E-state index >= 15 is 0 Å². The van der Waals surface area contributed by atoms with Crippen LogP contribution >= 0.6 is 15.9 Å². The Bertz CT molecular complexity index is 383. The summed E-state index contributed by atoms with van der Waals surface area (Å²) in [5.74, 6) is 0.558. The molecule has 0 unspecified atom stereocenters. The van der Waals surface area contributed by atoms with Crippen LogP contribution in [0.4, 0.5) is 4.79 Å². The van der Waals surface area contributed by atoms with Crippen molar-refractivity contribution in [2.45, 2.75) is 19.4 Å². The van der Waals surface area contributed by atoms with Crippen molar-refractivity contribution in [2.75, 3.05) is 18.4 Å². The molecule has 1 aromatic rings. The van der Waals surface area contributed by atoms with Crippen molar-refractivity contribution in [1.29, 1.82) is 0 Å². The van der Waals surface area contributed by atoms with Gasteiger partial charge in [0.1, 0.15) is 6.61 Å². The summed E-state index contributed by atoms with van der Waals surface area (Å²) in [7, 11) is 0. The third-order valence-corrected chi connectivity index (χ3v) is 4.12. The van der Waals surface area contributed by atoms with Gasteiger partial charge in [-0.1, -0.05) is 46.3 Å². The quantitative estimate of drug-likeness (QED) is 0.800. The van der Waals surface area contributed by atoms with Gasteiger partial charge in [0.2, 0.25) is 0 Å². The lowest BCUT2D eigenvalue weighted by Crippen LogP contribution is -2.40. The van der Waals surface area contributed by atoms with E-state index in [0.717, 1.165) is 30.4 Å². The monoisotopic (exact) mass is 311 g/mol. The fourth-order valence-corrected chi connectivity index (χ4v) is 2.70. The number of amides is 1. The molecular formula is C14H18BrNO2. The van der Waals surface area contributed by atoms with Gasteiger partial charge in [-0.05, 0) is 24.3 Å². The molecule has 1 fully saturated rings. The molecule has 1 aliphatic heterocycles. The first-order valence-electron chi connectivity index (χ1n) is 6.31. The van der Waals surface area contributed by atoms with Crippen LogP contribution in [0.3, 0.4) is 0 Å². The SMILES string of the molecule is O=C(OCc1ccccc1)N1CCC[C@H](CBr)C1. The summed E-state index contributed by atoms with van der Waals surface area (Å²) >= 11 is 3.48. The molecule has 1 amide bonds. The molecule has 1 aromatic carbocycles. The molecule has 0 aliphatic carbocycles. The van der Waals surface area contributed by atoms with E-state index in [9.17, 15) is 4.79 Å². The second kappa shape index (κ2) is 6.78. The third kappa shape index (κ3) is 3.73. The van der Waals surface area contributed by atoms with Crippen molar-refractivity contribution in [2.24, 2.45) is 5.92 Å². The minimum absolute atomic E-state index is 0.190. The summed E-state index contributed by atoms with van der Waals surface area (Å²) in [4.78, 5) is 13.7. The average molecular weight is 312 g/mol. The standard InChI is InChI=1S/C14H18BrNO2/c15-9-13-7-4-8-16(10-13)14(17)18-11-12-5-2-1-3-6-12/h1-3,5-6,13H,4,7-11H2/t13-/m1/s1. The van der Waals surface area contributed by atoms with Gasteiger partial charge >= 0.3 is 6.09 Å². The molecule has 1 saturated heterocycles. The minimum Gasteiger partial charge on any atom is -0.445 e. The summed E-state index contributed by atoms with van der Waals surface area (Å²) in [6.07, 6.45) is 2.06. The van der Waals surface area contributed by atoms with E-state index in [0.29, 0.717) is 12.5 Å². The summed E-state index contributed by atoms with van der Waals surface area (Å²) in [5.41, 5.74) is 1.03. The van der Waals surface area contributed by atoms with Crippen LogP contribution in [0.25, 0.3) is 0 Å². The first kappa shape index (κ1) is 13.4. The van der Waals surface area contributed by atoms with Crippen LogP contribution < -0.4 is 0 Å². The largest absolute Gasteiger partial charge is 0.445 e. The van der Waals surface area contributed by atoms with Crippen LogP contribution in [0.1, 0.15) is 18.4 Å². The molecule has 0 radical (unpaired) electrons. The number of likely N-dealkylation sites (tertiary alicyclic amines) is 1. The smallest absolute Gasteiger partial charge is 0.410 e. The van der Waals surface area contributed by atoms with Gasteiger partial charge in [-0.2, -0.15) is 0 Å². The molecular weight excluding hydrogens is 294 g/mol. The molecule has 98 valence electrons. The molecule has 1 atom stereocenters. The maximum Gasteiger partial charge on any atom is 0.410 e. The Morgan fingerprint density at radius 2 is 2.17 bits per heavy atom. The molecule has 0 spiro atoms. The van der Waals surface area contributed by atoms with Crippen molar-refractivity contribution in [3.63, 3.8) is 0 Å². The molecule has 18 heavy (non-hydrogen) atoms. The lowest BCUT2D eigenvalue weighted by atomic mass is 10.0. The lowest BCUT2D eigenvalue weighted by molar-refractivity contribution is 0.0816. The van der Waals surface area contributed by atoms with E-state index in [1.807, 2.05) is 35.2 Å². The minimum atomic E-state index is -0.190. The van der Waals surface area contributed by atoms with E-state index in [4.69, 9.17) is 4.74 Å². The number of halogens is 1. The second-order valence-corrected chi connectivity index (χ2v) is 5.30. The van der Waals surface area contributed by atoms with Crippen LogP contribution in [0.2, 0.25) is 0 Å². The number of carbonyl (C=O) groups is 1. The van der Waals surface area contributed by atoms with Gasteiger partial charge < -0.3 is 9.64 Å². The van der Waals surface area contributed by atoms with E-state index in [2.05, 4.69) is 15.9 Å². The highest BCUT2D eigenvalue weighted by atomic mass is 79.9. The van der Waals surface area contributed by atoms with E-state index in [1.165, 1.54) is 6.42 Å². The van der Waals surface area contributed by atoms with Crippen LogP contribution in [0.15, 0.2) is 30.3 Å². The Morgan fingerprint density at radius 1 is 1.39 bits per heavy atom. The zero-order valence-corrected chi connectivity index (χ0v) is 11.9. The number of hydrogen-bond donors (Lipinski definition) is 0. The topological polar surface area (TPSA) is 29.5 Å². The first-order chi connectivity index (χ1) is 8.79. The van der Waals surface area contributed by atoms with E-state index < -0.39 is 0 Å². The predicted octanol–water partition coefficient (Wildman–Crippen LogP) is 3.43. The van der Waals surface area contributed by atoms with Gasteiger partial charge in [-0.15, -0.1) is 0 Å². The van der Waals surface area contributed by atoms with Crippen molar-refractivity contribution in [3.8, 4) is 0 Å². The Morgan fingerprint density at radius 3 is 2.89 bits per heavy atom. The maximum absolute atomic E-state index is 11.9. The second-order valence-electron chi connectivity index (χ2n) is 4.65. The van der Waals surface area contributed by atoms with Gasteiger partial charge in [0.05, 0.1) is 0 Å². The van der Waals surface area contributed by atoms with Crippen LogP contribution in [0, 0.1) is 5.92 Å². The number of ether oxygens (including phenoxy) is 1. The highest BCUT2D eigenvalue weighted by Crippen LogP contribution is 2.19. The summed E-state index contributed by atoms with van der Waals surface area (Å²) in [6.45, 7) is 1.98. The van der Waals surface area contributed by atoms with Crippen molar-refractivity contribution < 1.29 is 9.53 Å². The molecule has 0 bridgehead atoms. The summed E-state index contributed by atoms with van der Waals surface area (Å²) < 4.78 is 5.33. The zero-order chi connectivity index (χ0) is 12.8. The fourth-order valence-electron chi connectivity index (χ4n) is 2.17. The number of piperidine rings is 1. The van der Waals surface area contributed by atoms with Gasteiger partial charge in [-0.3, -0.25) is 0 Å². The molecule has 4 heteroatoms. The van der Waals surface area contributed by atoms with Crippen LogP contribution in [-0.4, -0.2) is 29.4 Å². The lowest BCUT2D eigenvalue weighted by Gasteiger charge is -2.31. The number of carbonyl (C=O) groups excluding carboxylic acids is 1. The molecule has 0 saturated carbocycles. The van der Waals surface area contributed by atoms with Crippen molar-refractivity contribution >= 4 is 22.0 Å². The normalized spacial score (nSPS) is 19.6. The number of benzene rings is 1. The van der Waals surface area contributed by atoms with Crippen LogP contribution in [0.5, 0.6) is 0 Å². The Kier molecular flexibility index (Phi) is 5.05. The number of alkyl halides is 1. The first-order valence-corrected chi connectivity index (χ1v) is 7.43. The Hall–Kier alpha value is -1.03. The zero-order valence-electron chi connectivity index (χ0n) is 10.3. The Balaban J connectivity index is 1.81. The Labute approximate surface area is 116 Å². The molecule has 3 nitrogen and oxygen atoms in total. The molecule has 1 aliphatic rings. The van der Waals surface area contributed by atoms with Gasteiger partial charge in [0.25, 0.3) is 0 Å². The fraction of sp³-hybridized carbons (Fsp3) is 0.500. The number of nitrogens with zero attached hydrogens (tertiary/aromatic N) is 1. The highest BCUT2D eigenvalue weighted by Gasteiger charge is 2.23. The van der Waals surface area contributed by atoms with Crippen LogP contribution in [-0.2, 0) is 11.3 Å². The van der Waals surface area contributed by atoms with Crippen molar-refractivity contribution in [3.05, 3.63) is 35.9 Å². The molecule has 1 heterocycles. The average Bonchev–Trinajstić information content (AvgIpc) is 2.46. The molecule has 0 N–H and O–H groups in total. The van der Waals surface area contributed by atoms with Gasteiger partial charge in [-0.25, -0.2) is 4.79 Å². The maximum atomic E-state index is 11.9. The molecule has 2 rings (SSSR count). The highest BCUT2D eigenvalue weighted by molar-refractivity contribution is 9.09. The summed E-state index contributed by atoms with van der Waals surface area (Å²) in [5, 5.41) is 0.954. The van der Waals surface area contributed by atoms with Crippen molar-refractivity contribution in [1.82, 2.24) is 4.90 Å². The van der Waals surface area contributed by atoms with E-state index in [-0.39, 0.29) is 6.09 Å². The third-order valence-electron chi connectivity index (χ3n) is 3.20. The van der Waals surface area contributed by atoms with Gasteiger partial charge in [0, 0.05) is 18.4 Å². The number of rotatable bonds is 3. The van der Waals surface area contributed by atoms with Gasteiger partial charge in [0.15, 0.2) is 0 Å². The number of hydrogen-bond acceptors (Lipinski definition) is 2.